The van der Waals surface area contributed by atoms with Crippen LogP contribution in [0.25, 0.3) is 0 Å². The van der Waals surface area contributed by atoms with E-state index in [0.29, 0.717) is 22.9 Å². The first-order valence-electron chi connectivity index (χ1n) is 5.63. The first-order chi connectivity index (χ1) is 8.09. The summed E-state index contributed by atoms with van der Waals surface area (Å²) in [5, 5.41) is 19.5. The van der Waals surface area contributed by atoms with Crippen LogP contribution >= 0.6 is 15.9 Å². The zero-order chi connectivity index (χ0) is 12.5. The van der Waals surface area contributed by atoms with Crippen molar-refractivity contribution in [1.82, 2.24) is 0 Å². The Labute approximate surface area is 108 Å². The second-order valence-electron chi connectivity index (χ2n) is 4.55. The van der Waals surface area contributed by atoms with Crippen molar-refractivity contribution < 1.29 is 9.50 Å². The van der Waals surface area contributed by atoms with Crippen LogP contribution in [0.15, 0.2) is 22.7 Å². The van der Waals surface area contributed by atoms with Gasteiger partial charge in [0.2, 0.25) is 0 Å². The summed E-state index contributed by atoms with van der Waals surface area (Å²) >= 11 is 3.07. The summed E-state index contributed by atoms with van der Waals surface area (Å²) < 4.78 is 13.8. The number of halogens is 2. The molecule has 0 aromatic heterocycles. The fourth-order valence-electron chi connectivity index (χ4n) is 2.45. The summed E-state index contributed by atoms with van der Waals surface area (Å²) in [6, 6.07) is 6.75. The Hall–Kier alpha value is -0.920. The van der Waals surface area contributed by atoms with E-state index in [9.17, 15) is 14.8 Å². The van der Waals surface area contributed by atoms with Crippen molar-refractivity contribution in [3.8, 4) is 6.07 Å². The Kier molecular flexibility index (Phi) is 3.50. The average Bonchev–Trinajstić information content (AvgIpc) is 2.81. The Morgan fingerprint density at radius 2 is 2.06 bits per heavy atom. The standard InChI is InChI=1S/C13H13BrFNO/c14-10-4-3-9(7-11(10)15)12(17)13(8-16)5-1-2-6-13/h3-4,7,12,17H,1-2,5-6H2. The first-order valence-corrected chi connectivity index (χ1v) is 6.43. The van der Waals surface area contributed by atoms with E-state index in [1.54, 1.807) is 12.1 Å². The van der Waals surface area contributed by atoms with E-state index in [0.717, 1.165) is 12.8 Å². The van der Waals surface area contributed by atoms with Gasteiger partial charge in [-0.3, -0.25) is 0 Å². The van der Waals surface area contributed by atoms with Crippen LogP contribution in [0.3, 0.4) is 0 Å². The second-order valence-corrected chi connectivity index (χ2v) is 5.41. The van der Waals surface area contributed by atoms with Gasteiger partial charge in [0.05, 0.1) is 22.1 Å². The lowest BCUT2D eigenvalue weighted by Gasteiger charge is -2.27. The Balaban J connectivity index is 2.33. The minimum absolute atomic E-state index is 0.367. The monoisotopic (exact) mass is 297 g/mol. The molecule has 1 unspecified atom stereocenters. The zero-order valence-electron chi connectivity index (χ0n) is 9.29. The average molecular weight is 298 g/mol. The van der Waals surface area contributed by atoms with Gasteiger partial charge < -0.3 is 5.11 Å². The molecule has 90 valence electrons. The van der Waals surface area contributed by atoms with E-state index in [2.05, 4.69) is 22.0 Å². The fraction of sp³-hybridized carbons (Fsp3) is 0.462. The molecule has 0 saturated heterocycles. The number of hydrogen-bond donors (Lipinski definition) is 1. The second kappa shape index (κ2) is 4.75. The lowest BCUT2D eigenvalue weighted by Crippen LogP contribution is -2.24. The molecule has 1 aliphatic carbocycles. The number of nitriles is 1. The highest BCUT2D eigenvalue weighted by molar-refractivity contribution is 9.10. The summed E-state index contributed by atoms with van der Waals surface area (Å²) in [4.78, 5) is 0. The Bertz CT molecular complexity index is 463. The maximum Gasteiger partial charge on any atom is 0.137 e. The van der Waals surface area contributed by atoms with Crippen LogP contribution in [0.2, 0.25) is 0 Å². The summed E-state index contributed by atoms with van der Waals surface area (Å²) in [5.41, 5.74) is -0.255. The molecule has 1 aromatic carbocycles. The van der Waals surface area contributed by atoms with Gasteiger partial charge in [0, 0.05) is 0 Å². The van der Waals surface area contributed by atoms with Crippen molar-refractivity contribution in [3.05, 3.63) is 34.1 Å². The highest BCUT2D eigenvalue weighted by Crippen LogP contribution is 2.47. The van der Waals surface area contributed by atoms with E-state index >= 15 is 0 Å². The van der Waals surface area contributed by atoms with E-state index in [1.807, 2.05) is 0 Å². The molecular formula is C13H13BrFNO. The topological polar surface area (TPSA) is 44.0 Å². The fourth-order valence-corrected chi connectivity index (χ4v) is 2.70. The minimum Gasteiger partial charge on any atom is -0.387 e. The SMILES string of the molecule is N#CC1(C(O)c2ccc(Br)c(F)c2)CCCC1. The van der Waals surface area contributed by atoms with Crippen LogP contribution < -0.4 is 0 Å². The van der Waals surface area contributed by atoms with Crippen molar-refractivity contribution in [2.24, 2.45) is 5.41 Å². The van der Waals surface area contributed by atoms with Gasteiger partial charge in [0.25, 0.3) is 0 Å². The van der Waals surface area contributed by atoms with Gasteiger partial charge >= 0.3 is 0 Å². The third-order valence-corrected chi connectivity index (χ3v) is 4.14. The molecule has 4 heteroatoms. The van der Waals surface area contributed by atoms with Crippen LogP contribution in [0.5, 0.6) is 0 Å². The molecule has 0 radical (unpaired) electrons. The van der Waals surface area contributed by atoms with Crippen LogP contribution in [0.1, 0.15) is 37.4 Å². The molecule has 0 amide bonds. The van der Waals surface area contributed by atoms with E-state index < -0.39 is 17.3 Å². The third kappa shape index (κ3) is 2.22. The maximum absolute atomic E-state index is 13.4. The van der Waals surface area contributed by atoms with Gasteiger partial charge in [0.15, 0.2) is 0 Å². The van der Waals surface area contributed by atoms with Crippen LogP contribution in [-0.4, -0.2) is 5.11 Å². The van der Waals surface area contributed by atoms with Gasteiger partial charge in [-0.15, -0.1) is 0 Å². The van der Waals surface area contributed by atoms with E-state index in [1.165, 1.54) is 6.07 Å². The molecule has 1 N–H and O–H groups in total. The molecule has 0 bridgehead atoms. The summed E-state index contributed by atoms with van der Waals surface area (Å²) in [7, 11) is 0. The van der Waals surface area contributed by atoms with Crippen molar-refractivity contribution in [1.29, 1.82) is 5.26 Å². The molecule has 1 saturated carbocycles. The number of aliphatic hydroxyl groups excluding tert-OH is 1. The van der Waals surface area contributed by atoms with Crippen LogP contribution in [-0.2, 0) is 0 Å². The number of nitrogens with zero attached hydrogens (tertiary/aromatic N) is 1. The Morgan fingerprint density at radius 1 is 1.41 bits per heavy atom. The Morgan fingerprint density at radius 3 is 2.59 bits per heavy atom. The van der Waals surface area contributed by atoms with Crippen LogP contribution in [0, 0.1) is 22.6 Å². The van der Waals surface area contributed by atoms with Gasteiger partial charge in [0.1, 0.15) is 5.82 Å². The van der Waals surface area contributed by atoms with Crippen molar-refractivity contribution in [2.75, 3.05) is 0 Å². The lowest BCUT2D eigenvalue weighted by atomic mass is 9.79. The molecule has 0 heterocycles. The normalized spacial score (nSPS) is 19.9. The molecule has 2 nitrogen and oxygen atoms in total. The quantitative estimate of drug-likeness (QED) is 0.904. The highest BCUT2D eigenvalue weighted by Gasteiger charge is 2.41. The molecule has 1 atom stereocenters. The molecular weight excluding hydrogens is 285 g/mol. The molecule has 2 rings (SSSR count). The molecule has 0 aliphatic heterocycles. The number of hydrogen-bond acceptors (Lipinski definition) is 2. The van der Waals surface area contributed by atoms with Crippen molar-refractivity contribution in [3.63, 3.8) is 0 Å². The first kappa shape index (κ1) is 12.5. The molecule has 1 fully saturated rings. The molecule has 17 heavy (non-hydrogen) atoms. The highest BCUT2D eigenvalue weighted by atomic mass is 79.9. The predicted octanol–water partition coefficient (Wildman–Crippen LogP) is 3.71. The van der Waals surface area contributed by atoms with Gasteiger partial charge in [-0.2, -0.15) is 5.26 Å². The predicted molar refractivity (Wildman–Crippen MR) is 65.6 cm³/mol. The summed E-state index contributed by atoms with van der Waals surface area (Å²) in [6.07, 6.45) is 2.36. The number of benzene rings is 1. The lowest BCUT2D eigenvalue weighted by molar-refractivity contribution is 0.0668. The van der Waals surface area contributed by atoms with E-state index in [-0.39, 0.29) is 0 Å². The van der Waals surface area contributed by atoms with Crippen molar-refractivity contribution >= 4 is 15.9 Å². The summed E-state index contributed by atoms with van der Waals surface area (Å²) in [5.74, 6) is -0.410. The summed E-state index contributed by atoms with van der Waals surface area (Å²) in [6.45, 7) is 0. The van der Waals surface area contributed by atoms with Crippen molar-refractivity contribution in [2.45, 2.75) is 31.8 Å². The number of aliphatic hydroxyl groups is 1. The van der Waals surface area contributed by atoms with Gasteiger partial charge in [-0.25, -0.2) is 4.39 Å². The van der Waals surface area contributed by atoms with Gasteiger partial charge in [-0.05, 0) is 46.5 Å². The smallest absolute Gasteiger partial charge is 0.137 e. The minimum atomic E-state index is -0.905. The van der Waals surface area contributed by atoms with Gasteiger partial charge in [-0.1, -0.05) is 18.9 Å². The molecule has 1 aliphatic rings. The molecule has 0 spiro atoms. The van der Waals surface area contributed by atoms with Crippen LogP contribution in [0.4, 0.5) is 4.39 Å². The molecule has 1 aromatic rings. The largest absolute Gasteiger partial charge is 0.387 e. The zero-order valence-corrected chi connectivity index (χ0v) is 10.9. The van der Waals surface area contributed by atoms with E-state index in [4.69, 9.17) is 0 Å². The number of rotatable bonds is 2. The maximum atomic E-state index is 13.4. The third-order valence-electron chi connectivity index (χ3n) is 3.50.